The minimum Gasteiger partial charge on any atom is -0.347 e. The molecule has 0 aromatic heterocycles. The predicted molar refractivity (Wildman–Crippen MR) is 95.9 cm³/mol. The number of rotatable bonds is 7. The molecule has 142 valence electrons. The van der Waals surface area contributed by atoms with E-state index >= 15 is 0 Å². The van der Waals surface area contributed by atoms with Crippen LogP contribution in [0.1, 0.15) is 24.2 Å². The molecule has 0 heterocycles. The molecule has 3 amide bonds. The van der Waals surface area contributed by atoms with Crippen molar-refractivity contribution in [2.45, 2.75) is 19.9 Å². The van der Waals surface area contributed by atoms with Crippen molar-refractivity contribution in [3.05, 3.63) is 38.9 Å². The van der Waals surface area contributed by atoms with Crippen molar-refractivity contribution in [3.63, 3.8) is 0 Å². The van der Waals surface area contributed by atoms with E-state index in [1.807, 2.05) is 0 Å². The van der Waals surface area contributed by atoms with Gasteiger partial charge in [0, 0.05) is 25.7 Å². The minimum absolute atomic E-state index is 0.00363. The standard InChI is InChI=1S/C16H21ClN4O5/c1-9(2)14(16(24)18-8-13(22)20(3)4)19-15(23)10-5-6-11(17)12(7-10)21(25)26/h5-7,9,14H,8H2,1-4H3,(H,18,24)(H,19,23)/t14-/m0/s1. The van der Waals surface area contributed by atoms with E-state index in [9.17, 15) is 24.5 Å². The maximum Gasteiger partial charge on any atom is 0.288 e. The van der Waals surface area contributed by atoms with Crippen molar-refractivity contribution in [2.24, 2.45) is 5.92 Å². The Kier molecular flexibility index (Phi) is 7.51. The van der Waals surface area contributed by atoms with Gasteiger partial charge in [-0.1, -0.05) is 25.4 Å². The minimum atomic E-state index is -0.910. The molecule has 0 saturated heterocycles. The van der Waals surface area contributed by atoms with Crippen LogP contribution in [0.15, 0.2) is 18.2 Å². The summed E-state index contributed by atoms with van der Waals surface area (Å²) in [4.78, 5) is 47.8. The number of nitrogens with zero attached hydrogens (tertiary/aromatic N) is 2. The summed E-state index contributed by atoms with van der Waals surface area (Å²) < 4.78 is 0. The zero-order valence-corrected chi connectivity index (χ0v) is 15.7. The molecule has 2 N–H and O–H groups in total. The Morgan fingerprint density at radius 1 is 1.27 bits per heavy atom. The highest BCUT2D eigenvalue weighted by Gasteiger charge is 2.26. The molecule has 1 aromatic rings. The highest BCUT2D eigenvalue weighted by atomic mass is 35.5. The smallest absolute Gasteiger partial charge is 0.288 e. The van der Waals surface area contributed by atoms with E-state index in [0.717, 1.165) is 6.07 Å². The second-order valence-electron chi connectivity index (χ2n) is 6.12. The fraction of sp³-hybridized carbons (Fsp3) is 0.438. The normalized spacial score (nSPS) is 11.6. The number of benzene rings is 1. The lowest BCUT2D eigenvalue weighted by atomic mass is 10.0. The van der Waals surface area contributed by atoms with Crippen molar-refractivity contribution < 1.29 is 19.3 Å². The molecule has 10 heteroatoms. The first kappa shape index (κ1) is 21.4. The Balaban J connectivity index is 2.88. The number of amides is 3. The Hall–Kier alpha value is -2.68. The Morgan fingerprint density at radius 3 is 2.38 bits per heavy atom. The third-order valence-corrected chi connectivity index (χ3v) is 3.87. The van der Waals surface area contributed by atoms with E-state index < -0.39 is 28.5 Å². The predicted octanol–water partition coefficient (Wildman–Crippen LogP) is 1.21. The third-order valence-electron chi connectivity index (χ3n) is 3.55. The van der Waals surface area contributed by atoms with Gasteiger partial charge in [0.05, 0.1) is 11.5 Å². The first-order chi connectivity index (χ1) is 12.0. The molecule has 1 rings (SSSR count). The number of carbonyl (C=O) groups is 3. The Morgan fingerprint density at radius 2 is 1.88 bits per heavy atom. The van der Waals surface area contributed by atoms with Crippen LogP contribution in [0.2, 0.25) is 5.02 Å². The van der Waals surface area contributed by atoms with E-state index in [4.69, 9.17) is 11.6 Å². The lowest BCUT2D eigenvalue weighted by molar-refractivity contribution is -0.384. The van der Waals surface area contributed by atoms with E-state index in [0.29, 0.717) is 0 Å². The molecule has 0 radical (unpaired) electrons. The van der Waals surface area contributed by atoms with Gasteiger partial charge in [-0.05, 0) is 18.1 Å². The van der Waals surface area contributed by atoms with Crippen LogP contribution in [-0.4, -0.2) is 54.2 Å². The lowest BCUT2D eigenvalue weighted by Gasteiger charge is -2.22. The average Bonchev–Trinajstić information content (AvgIpc) is 2.56. The highest BCUT2D eigenvalue weighted by Crippen LogP contribution is 2.25. The Bertz CT molecular complexity index is 721. The molecule has 1 atom stereocenters. The molecule has 0 saturated carbocycles. The van der Waals surface area contributed by atoms with Crippen molar-refractivity contribution in [1.29, 1.82) is 0 Å². The largest absolute Gasteiger partial charge is 0.347 e. The number of nitro groups is 1. The number of likely N-dealkylation sites (N-methyl/N-ethyl adjacent to an activating group) is 1. The van der Waals surface area contributed by atoms with Gasteiger partial charge in [0.2, 0.25) is 11.8 Å². The number of carbonyl (C=O) groups excluding carboxylic acids is 3. The fourth-order valence-corrected chi connectivity index (χ4v) is 2.17. The second-order valence-corrected chi connectivity index (χ2v) is 6.53. The maximum absolute atomic E-state index is 12.4. The molecular weight excluding hydrogens is 364 g/mol. The summed E-state index contributed by atoms with van der Waals surface area (Å²) in [5.74, 6) is -1.74. The van der Waals surface area contributed by atoms with Gasteiger partial charge in [0.15, 0.2) is 0 Å². The maximum atomic E-state index is 12.4. The molecule has 0 aliphatic carbocycles. The van der Waals surface area contributed by atoms with Crippen LogP contribution in [0.5, 0.6) is 0 Å². The molecule has 0 fully saturated rings. The molecule has 0 aliphatic rings. The van der Waals surface area contributed by atoms with Crippen LogP contribution in [0.3, 0.4) is 0 Å². The molecule has 0 bridgehead atoms. The molecule has 0 unspecified atom stereocenters. The average molecular weight is 385 g/mol. The summed E-state index contributed by atoms with van der Waals surface area (Å²) in [6.07, 6.45) is 0. The summed E-state index contributed by atoms with van der Waals surface area (Å²) >= 11 is 5.73. The summed E-state index contributed by atoms with van der Waals surface area (Å²) in [6, 6.07) is 2.71. The van der Waals surface area contributed by atoms with Crippen LogP contribution in [0.4, 0.5) is 5.69 Å². The zero-order valence-electron chi connectivity index (χ0n) is 14.9. The summed E-state index contributed by atoms with van der Waals surface area (Å²) in [5, 5.41) is 15.8. The first-order valence-electron chi connectivity index (χ1n) is 7.77. The van der Waals surface area contributed by atoms with Gasteiger partial charge in [0.25, 0.3) is 11.6 Å². The topological polar surface area (TPSA) is 122 Å². The lowest BCUT2D eigenvalue weighted by Crippen LogP contribution is -2.51. The number of hydrogen-bond donors (Lipinski definition) is 2. The van der Waals surface area contributed by atoms with Gasteiger partial charge in [-0.15, -0.1) is 0 Å². The van der Waals surface area contributed by atoms with Crippen LogP contribution in [0, 0.1) is 16.0 Å². The molecule has 1 aromatic carbocycles. The third kappa shape index (κ3) is 5.69. The van der Waals surface area contributed by atoms with E-state index in [1.54, 1.807) is 27.9 Å². The van der Waals surface area contributed by atoms with Gasteiger partial charge < -0.3 is 15.5 Å². The first-order valence-corrected chi connectivity index (χ1v) is 8.15. The second kappa shape index (κ2) is 9.14. The van der Waals surface area contributed by atoms with Crippen LogP contribution in [-0.2, 0) is 9.59 Å². The highest BCUT2D eigenvalue weighted by molar-refractivity contribution is 6.32. The zero-order chi connectivity index (χ0) is 20.0. The van der Waals surface area contributed by atoms with Gasteiger partial charge in [-0.25, -0.2) is 0 Å². The van der Waals surface area contributed by atoms with E-state index in [-0.39, 0.29) is 29.0 Å². The van der Waals surface area contributed by atoms with Crippen molar-refractivity contribution in [1.82, 2.24) is 15.5 Å². The Labute approximate surface area is 155 Å². The molecule has 0 aliphatic heterocycles. The van der Waals surface area contributed by atoms with Gasteiger partial charge >= 0.3 is 0 Å². The van der Waals surface area contributed by atoms with Crippen LogP contribution < -0.4 is 10.6 Å². The monoisotopic (exact) mass is 384 g/mol. The summed E-state index contributed by atoms with van der Waals surface area (Å²) in [7, 11) is 3.12. The van der Waals surface area contributed by atoms with E-state index in [1.165, 1.54) is 17.0 Å². The van der Waals surface area contributed by atoms with Gasteiger partial charge in [-0.3, -0.25) is 24.5 Å². The summed E-state index contributed by atoms with van der Waals surface area (Å²) in [6.45, 7) is 3.25. The molecule has 0 spiro atoms. The SMILES string of the molecule is CC(C)[C@H](NC(=O)c1ccc(Cl)c([N+](=O)[O-])c1)C(=O)NCC(=O)N(C)C. The quantitative estimate of drug-likeness (QED) is 0.540. The van der Waals surface area contributed by atoms with Crippen molar-refractivity contribution in [2.75, 3.05) is 20.6 Å². The fourth-order valence-electron chi connectivity index (χ4n) is 1.98. The number of halogens is 1. The van der Waals surface area contributed by atoms with Crippen LogP contribution in [0.25, 0.3) is 0 Å². The van der Waals surface area contributed by atoms with Crippen molar-refractivity contribution in [3.8, 4) is 0 Å². The molecule has 9 nitrogen and oxygen atoms in total. The summed E-state index contributed by atoms with van der Waals surface area (Å²) in [5.41, 5.74) is -0.398. The van der Waals surface area contributed by atoms with Crippen molar-refractivity contribution >= 4 is 35.0 Å². The van der Waals surface area contributed by atoms with Gasteiger partial charge in [0.1, 0.15) is 11.1 Å². The van der Waals surface area contributed by atoms with Gasteiger partial charge in [-0.2, -0.15) is 0 Å². The molecule has 26 heavy (non-hydrogen) atoms. The number of nitro benzene ring substituents is 1. The molecular formula is C16H21ClN4O5. The number of nitrogens with one attached hydrogen (secondary N) is 2. The van der Waals surface area contributed by atoms with E-state index in [2.05, 4.69) is 10.6 Å². The number of hydrogen-bond acceptors (Lipinski definition) is 5. The van der Waals surface area contributed by atoms with Crippen LogP contribution >= 0.6 is 11.6 Å².